The van der Waals surface area contributed by atoms with Crippen molar-refractivity contribution < 1.29 is 14.3 Å². The van der Waals surface area contributed by atoms with E-state index >= 15 is 0 Å². The van der Waals surface area contributed by atoms with Crippen LogP contribution < -0.4 is 5.73 Å². The van der Waals surface area contributed by atoms with Crippen molar-refractivity contribution in [3.05, 3.63) is 29.3 Å². The molecule has 102 valence electrons. The lowest BCUT2D eigenvalue weighted by molar-refractivity contribution is -0.133. The summed E-state index contributed by atoms with van der Waals surface area (Å²) >= 11 is 0. The Morgan fingerprint density at radius 3 is 2.74 bits per heavy atom. The fourth-order valence-electron chi connectivity index (χ4n) is 1.83. The van der Waals surface area contributed by atoms with Gasteiger partial charge in [0.25, 0.3) is 5.91 Å². The molecule has 0 radical (unpaired) electrons. The highest BCUT2D eigenvalue weighted by molar-refractivity contribution is 5.93. The van der Waals surface area contributed by atoms with Gasteiger partial charge in [-0.3, -0.25) is 4.79 Å². The van der Waals surface area contributed by atoms with Crippen molar-refractivity contribution in [1.82, 2.24) is 4.90 Å². The molecule has 0 bridgehead atoms. The maximum absolute atomic E-state index is 11.9. The lowest BCUT2D eigenvalue weighted by Crippen LogP contribution is -2.33. The highest BCUT2D eigenvalue weighted by Gasteiger charge is 2.29. The SMILES string of the molecule is Cc1ccc(N)cc1C(=O)OCC(=O)N(C)C1CC1. The van der Waals surface area contributed by atoms with Crippen LogP contribution in [-0.2, 0) is 9.53 Å². The van der Waals surface area contributed by atoms with Gasteiger partial charge in [-0.2, -0.15) is 0 Å². The van der Waals surface area contributed by atoms with Gasteiger partial charge in [-0.1, -0.05) is 6.07 Å². The summed E-state index contributed by atoms with van der Waals surface area (Å²) < 4.78 is 5.04. The van der Waals surface area contributed by atoms with E-state index in [0.29, 0.717) is 17.3 Å². The molecule has 0 saturated heterocycles. The molecule has 0 atom stereocenters. The van der Waals surface area contributed by atoms with Gasteiger partial charge >= 0.3 is 5.97 Å². The molecule has 1 aliphatic carbocycles. The number of hydrogen-bond donors (Lipinski definition) is 1. The highest BCUT2D eigenvalue weighted by Crippen LogP contribution is 2.25. The van der Waals surface area contributed by atoms with Gasteiger partial charge in [0.1, 0.15) is 0 Å². The van der Waals surface area contributed by atoms with Crippen LogP contribution in [0, 0.1) is 6.92 Å². The summed E-state index contributed by atoms with van der Waals surface area (Å²) in [7, 11) is 1.74. The zero-order valence-corrected chi connectivity index (χ0v) is 11.2. The quantitative estimate of drug-likeness (QED) is 0.656. The minimum atomic E-state index is -0.512. The highest BCUT2D eigenvalue weighted by atomic mass is 16.5. The second kappa shape index (κ2) is 5.30. The Bertz CT molecular complexity index is 509. The van der Waals surface area contributed by atoms with E-state index in [1.807, 2.05) is 0 Å². The van der Waals surface area contributed by atoms with Gasteiger partial charge in [0, 0.05) is 18.8 Å². The number of hydrogen-bond acceptors (Lipinski definition) is 4. The van der Waals surface area contributed by atoms with Crippen LogP contribution in [0.25, 0.3) is 0 Å². The molecule has 5 heteroatoms. The number of aryl methyl sites for hydroxylation is 1. The Kier molecular flexibility index (Phi) is 3.74. The third-order valence-corrected chi connectivity index (χ3v) is 3.30. The Morgan fingerprint density at radius 1 is 1.42 bits per heavy atom. The third kappa shape index (κ3) is 3.24. The molecule has 1 aromatic rings. The zero-order chi connectivity index (χ0) is 14.0. The lowest BCUT2D eigenvalue weighted by atomic mass is 10.1. The van der Waals surface area contributed by atoms with Crippen molar-refractivity contribution in [1.29, 1.82) is 0 Å². The van der Waals surface area contributed by atoms with Crippen molar-refractivity contribution in [2.75, 3.05) is 19.4 Å². The van der Waals surface area contributed by atoms with E-state index in [0.717, 1.165) is 18.4 Å². The van der Waals surface area contributed by atoms with Crippen molar-refractivity contribution in [3.8, 4) is 0 Å². The van der Waals surface area contributed by atoms with Crippen LogP contribution in [-0.4, -0.2) is 36.5 Å². The molecule has 2 N–H and O–H groups in total. The van der Waals surface area contributed by atoms with Crippen LogP contribution >= 0.6 is 0 Å². The van der Waals surface area contributed by atoms with E-state index in [1.54, 1.807) is 37.1 Å². The topological polar surface area (TPSA) is 72.6 Å². The van der Waals surface area contributed by atoms with Crippen molar-refractivity contribution in [2.24, 2.45) is 0 Å². The summed E-state index contributed by atoms with van der Waals surface area (Å²) in [6, 6.07) is 5.36. The molecule has 2 rings (SSSR count). The molecular weight excluding hydrogens is 244 g/mol. The summed E-state index contributed by atoms with van der Waals surface area (Å²) in [4.78, 5) is 25.3. The van der Waals surface area contributed by atoms with Gasteiger partial charge in [0.15, 0.2) is 6.61 Å². The molecule has 0 aromatic heterocycles. The van der Waals surface area contributed by atoms with Crippen LogP contribution in [0.1, 0.15) is 28.8 Å². The van der Waals surface area contributed by atoms with Gasteiger partial charge in [0.2, 0.25) is 0 Å². The minimum Gasteiger partial charge on any atom is -0.452 e. The number of esters is 1. The summed E-state index contributed by atoms with van der Waals surface area (Å²) in [6.45, 7) is 1.58. The number of nitrogen functional groups attached to an aromatic ring is 1. The van der Waals surface area contributed by atoms with Crippen LogP contribution in [0.2, 0.25) is 0 Å². The molecule has 0 aliphatic heterocycles. The van der Waals surface area contributed by atoms with Gasteiger partial charge in [-0.25, -0.2) is 4.79 Å². The van der Waals surface area contributed by atoms with Crippen molar-refractivity contribution >= 4 is 17.6 Å². The first kappa shape index (κ1) is 13.4. The molecule has 1 saturated carbocycles. The first-order valence-corrected chi connectivity index (χ1v) is 6.28. The zero-order valence-electron chi connectivity index (χ0n) is 11.2. The van der Waals surface area contributed by atoms with Crippen molar-refractivity contribution in [3.63, 3.8) is 0 Å². The molecule has 0 unspecified atom stereocenters. The Hall–Kier alpha value is -2.04. The number of likely N-dealkylation sites (N-methyl/N-ethyl adjacent to an activating group) is 1. The summed E-state index contributed by atoms with van der Waals surface area (Å²) in [5.74, 6) is -0.681. The predicted octanol–water partition coefficient (Wildman–Crippen LogP) is 1.35. The fourth-order valence-corrected chi connectivity index (χ4v) is 1.83. The first-order chi connectivity index (χ1) is 8.99. The number of carbonyl (C=O) groups excluding carboxylic acids is 2. The van der Waals surface area contributed by atoms with Crippen molar-refractivity contribution in [2.45, 2.75) is 25.8 Å². The number of rotatable bonds is 4. The van der Waals surface area contributed by atoms with Crippen LogP contribution in [0.3, 0.4) is 0 Å². The van der Waals surface area contributed by atoms with E-state index < -0.39 is 5.97 Å². The number of ether oxygens (including phenoxy) is 1. The fraction of sp³-hybridized carbons (Fsp3) is 0.429. The molecule has 1 amide bonds. The number of nitrogens with two attached hydrogens (primary N) is 1. The second-order valence-corrected chi connectivity index (χ2v) is 4.89. The first-order valence-electron chi connectivity index (χ1n) is 6.28. The largest absolute Gasteiger partial charge is 0.452 e. The summed E-state index contributed by atoms with van der Waals surface area (Å²) in [5, 5.41) is 0. The van der Waals surface area contributed by atoms with E-state index in [2.05, 4.69) is 0 Å². The molecule has 1 aliphatic rings. The Morgan fingerprint density at radius 2 is 2.11 bits per heavy atom. The standard InChI is InChI=1S/C14H18N2O3/c1-9-3-4-10(15)7-12(9)14(18)19-8-13(17)16(2)11-5-6-11/h3-4,7,11H,5-6,8,15H2,1-2H3. The number of carbonyl (C=O) groups is 2. The smallest absolute Gasteiger partial charge is 0.338 e. The van der Waals surface area contributed by atoms with Gasteiger partial charge in [0.05, 0.1) is 5.56 Å². The maximum atomic E-state index is 11.9. The summed E-state index contributed by atoms with van der Waals surface area (Å²) in [5.41, 5.74) is 7.32. The Balaban J connectivity index is 1.93. The van der Waals surface area contributed by atoms with Gasteiger partial charge in [-0.05, 0) is 37.5 Å². The molecule has 1 fully saturated rings. The van der Waals surface area contributed by atoms with E-state index in [9.17, 15) is 9.59 Å². The second-order valence-electron chi connectivity index (χ2n) is 4.89. The van der Waals surface area contributed by atoms with Crippen LogP contribution in [0.4, 0.5) is 5.69 Å². The molecular formula is C14H18N2O3. The van der Waals surface area contributed by atoms with Crippen LogP contribution in [0.5, 0.6) is 0 Å². The average molecular weight is 262 g/mol. The normalized spacial score (nSPS) is 14.0. The van der Waals surface area contributed by atoms with Crippen LogP contribution in [0.15, 0.2) is 18.2 Å². The molecule has 5 nitrogen and oxygen atoms in total. The van der Waals surface area contributed by atoms with E-state index in [-0.39, 0.29) is 12.5 Å². The third-order valence-electron chi connectivity index (χ3n) is 3.30. The molecule has 1 aromatic carbocycles. The molecule has 19 heavy (non-hydrogen) atoms. The molecule has 0 spiro atoms. The van der Waals surface area contributed by atoms with E-state index in [4.69, 9.17) is 10.5 Å². The van der Waals surface area contributed by atoms with E-state index in [1.165, 1.54) is 0 Å². The average Bonchev–Trinajstić information content (AvgIpc) is 3.21. The lowest BCUT2D eigenvalue weighted by Gasteiger charge is -2.16. The number of benzene rings is 1. The molecule has 0 heterocycles. The van der Waals surface area contributed by atoms with Gasteiger partial charge < -0.3 is 15.4 Å². The predicted molar refractivity (Wildman–Crippen MR) is 71.7 cm³/mol. The number of anilines is 1. The summed E-state index contributed by atoms with van der Waals surface area (Å²) in [6.07, 6.45) is 2.06. The maximum Gasteiger partial charge on any atom is 0.338 e. The minimum absolute atomic E-state index is 0.169. The number of amides is 1. The monoisotopic (exact) mass is 262 g/mol. The van der Waals surface area contributed by atoms with Gasteiger partial charge in [-0.15, -0.1) is 0 Å². The number of nitrogens with zero attached hydrogens (tertiary/aromatic N) is 1. The Labute approximate surface area is 112 Å².